The van der Waals surface area contributed by atoms with Crippen LogP contribution in [0.1, 0.15) is 24.8 Å². The summed E-state index contributed by atoms with van der Waals surface area (Å²) < 4.78 is 5.54. The molecule has 1 aromatic carbocycles. The molecule has 1 aliphatic heterocycles. The quantitative estimate of drug-likeness (QED) is 0.826. The molecule has 0 spiro atoms. The Hall–Kier alpha value is -1.39. The van der Waals surface area contributed by atoms with E-state index in [0.717, 1.165) is 39.3 Å². The maximum Gasteiger partial charge on any atom is 0.218 e. The smallest absolute Gasteiger partial charge is 0.218 e. The van der Waals surface area contributed by atoms with Crippen LogP contribution in [0, 0.1) is 5.92 Å². The van der Waals surface area contributed by atoms with Crippen LogP contribution >= 0.6 is 0 Å². The number of rotatable bonds is 7. The van der Waals surface area contributed by atoms with E-state index in [2.05, 4.69) is 17.0 Å². The third-order valence-electron chi connectivity index (χ3n) is 3.69. The van der Waals surface area contributed by atoms with E-state index in [0.29, 0.717) is 12.3 Å². The average Bonchev–Trinajstić information content (AvgIpc) is 2.47. The number of nitrogens with two attached hydrogens (primary N) is 1. The van der Waals surface area contributed by atoms with Crippen molar-refractivity contribution in [2.75, 3.05) is 26.3 Å². The highest BCUT2D eigenvalue weighted by atomic mass is 16.5. The largest absolute Gasteiger partial charge is 0.381 e. The maximum atomic E-state index is 11.0. The van der Waals surface area contributed by atoms with E-state index >= 15 is 0 Å². The minimum Gasteiger partial charge on any atom is -0.381 e. The number of ether oxygens (including phenoxy) is 1. The van der Waals surface area contributed by atoms with Crippen LogP contribution in [-0.4, -0.2) is 37.1 Å². The van der Waals surface area contributed by atoms with Crippen molar-refractivity contribution in [2.24, 2.45) is 11.7 Å². The fourth-order valence-corrected chi connectivity index (χ4v) is 2.66. The number of carbonyl (C=O) groups excluding carboxylic acids is 1. The van der Waals surface area contributed by atoms with Gasteiger partial charge in [-0.15, -0.1) is 0 Å². The van der Waals surface area contributed by atoms with Crippen molar-refractivity contribution in [3.05, 3.63) is 35.9 Å². The monoisotopic (exact) mass is 276 g/mol. The van der Waals surface area contributed by atoms with Crippen molar-refractivity contribution in [3.8, 4) is 0 Å². The number of benzene rings is 1. The zero-order valence-corrected chi connectivity index (χ0v) is 12.0. The molecule has 20 heavy (non-hydrogen) atoms. The Kier molecular flexibility index (Phi) is 6.02. The SMILES string of the molecule is NC(=O)CCN(Cc1ccccc1)C[C@H]1CCCOC1. The molecule has 1 atom stereocenters. The lowest BCUT2D eigenvalue weighted by atomic mass is 10.0. The fourth-order valence-electron chi connectivity index (χ4n) is 2.66. The standard InChI is InChI=1S/C16H24N2O2/c17-16(19)8-9-18(11-14-5-2-1-3-6-14)12-15-7-4-10-20-13-15/h1-3,5-6,15H,4,7-13H2,(H2,17,19)/t15-/m1/s1. The Morgan fingerprint density at radius 2 is 2.15 bits per heavy atom. The molecular formula is C16H24N2O2. The second kappa shape index (κ2) is 8.02. The van der Waals surface area contributed by atoms with E-state index in [1.807, 2.05) is 18.2 Å². The summed E-state index contributed by atoms with van der Waals surface area (Å²) in [5.74, 6) is 0.336. The van der Waals surface area contributed by atoms with Crippen LogP contribution in [0.4, 0.5) is 0 Å². The number of hydrogen-bond acceptors (Lipinski definition) is 3. The zero-order valence-electron chi connectivity index (χ0n) is 12.0. The molecule has 1 heterocycles. The first-order chi connectivity index (χ1) is 9.74. The minimum atomic E-state index is -0.233. The summed E-state index contributed by atoms with van der Waals surface area (Å²) in [4.78, 5) is 13.3. The van der Waals surface area contributed by atoms with E-state index in [-0.39, 0.29) is 5.91 Å². The molecule has 0 bridgehead atoms. The van der Waals surface area contributed by atoms with Gasteiger partial charge >= 0.3 is 0 Å². The summed E-state index contributed by atoms with van der Waals surface area (Å²) in [6.07, 6.45) is 2.77. The number of amides is 1. The number of hydrogen-bond donors (Lipinski definition) is 1. The Morgan fingerprint density at radius 1 is 1.35 bits per heavy atom. The molecule has 2 rings (SSSR count). The highest BCUT2D eigenvalue weighted by Gasteiger charge is 2.18. The molecule has 4 heteroatoms. The van der Waals surface area contributed by atoms with Crippen LogP contribution in [0.5, 0.6) is 0 Å². The second-order valence-corrected chi connectivity index (χ2v) is 5.52. The van der Waals surface area contributed by atoms with Gasteiger partial charge in [0.05, 0.1) is 6.61 Å². The van der Waals surface area contributed by atoms with Crippen molar-refractivity contribution in [3.63, 3.8) is 0 Å². The normalized spacial score (nSPS) is 19.1. The van der Waals surface area contributed by atoms with Crippen LogP contribution in [0.2, 0.25) is 0 Å². The zero-order chi connectivity index (χ0) is 14.2. The van der Waals surface area contributed by atoms with Gasteiger partial charge < -0.3 is 10.5 Å². The van der Waals surface area contributed by atoms with Gasteiger partial charge in [0.1, 0.15) is 0 Å². The van der Waals surface area contributed by atoms with Gasteiger partial charge in [-0.25, -0.2) is 0 Å². The van der Waals surface area contributed by atoms with Gasteiger partial charge in [-0.3, -0.25) is 9.69 Å². The van der Waals surface area contributed by atoms with Crippen molar-refractivity contribution in [1.82, 2.24) is 4.90 Å². The summed E-state index contributed by atoms with van der Waals surface area (Å²) in [5.41, 5.74) is 6.55. The molecule has 1 aliphatic rings. The molecule has 0 radical (unpaired) electrons. The van der Waals surface area contributed by atoms with Crippen LogP contribution in [0.15, 0.2) is 30.3 Å². The third kappa shape index (κ3) is 5.31. The number of carbonyl (C=O) groups is 1. The summed E-state index contributed by atoms with van der Waals surface area (Å²) >= 11 is 0. The van der Waals surface area contributed by atoms with E-state index < -0.39 is 0 Å². The molecule has 110 valence electrons. The predicted molar refractivity (Wildman–Crippen MR) is 79.1 cm³/mol. The lowest BCUT2D eigenvalue weighted by Crippen LogP contribution is -2.35. The Labute approximate surface area is 120 Å². The molecule has 0 unspecified atom stereocenters. The molecule has 4 nitrogen and oxygen atoms in total. The highest BCUT2D eigenvalue weighted by Crippen LogP contribution is 2.16. The third-order valence-corrected chi connectivity index (χ3v) is 3.69. The van der Waals surface area contributed by atoms with Gasteiger partial charge in [-0.05, 0) is 24.3 Å². The van der Waals surface area contributed by atoms with Gasteiger partial charge in [-0.2, -0.15) is 0 Å². The lowest BCUT2D eigenvalue weighted by Gasteiger charge is -2.29. The molecule has 1 aromatic rings. The first-order valence-electron chi connectivity index (χ1n) is 7.36. The van der Waals surface area contributed by atoms with Crippen molar-refractivity contribution < 1.29 is 9.53 Å². The van der Waals surface area contributed by atoms with E-state index in [1.54, 1.807) is 0 Å². The molecule has 1 fully saturated rings. The maximum absolute atomic E-state index is 11.0. The van der Waals surface area contributed by atoms with Gasteiger partial charge in [0.25, 0.3) is 0 Å². The topological polar surface area (TPSA) is 55.6 Å². The summed E-state index contributed by atoms with van der Waals surface area (Å²) in [6, 6.07) is 10.4. The Morgan fingerprint density at radius 3 is 2.80 bits per heavy atom. The number of nitrogens with zero attached hydrogens (tertiary/aromatic N) is 1. The molecule has 1 amide bonds. The first-order valence-corrected chi connectivity index (χ1v) is 7.36. The summed E-state index contributed by atoms with van der Waals surface area (Å²) in [5, 5.41) is 0. The minimum absolute atomic E-state index is 0.233. The molecule has 0 saturated carbocycles. The number of primary amides is 1. The summed E-state index contributed by atoms with van der Waals surface area (Å²) in [7, 11) is 0. The average molecular weight is 276 g/mol. The van der Waals surface area contributed by atoms with Crippen molar-refractivity contribution in [1.29, 1.82) is 0 Å². The summed E-state index contributed by atoms with van der Waals surface area (Å²) in [6.45, 7) is 4.28. The van der Waals surface area contributed by atoms with Crippen LogP contribution in [0.25, 0.3) is 0 Å². The predicted octanol–water partition coefficient (Wildman–Crippen LogP) is 1.79. The van der Waals surface area contributed by atoms with Crippen molar-refractivity contribution >= 4 is 5.91 Å². The van der Waals surface area contributed by atoms with Crippen LogP contribution in [-0.2, 0) is 16.1 Å². The molecule has 0 aliphatic carbocycles. The highest BCUT2D eigenvalue weighted by molar-refractivity contribution is 5.73. The first kappa shape index (κ1) is 15.0. The molecule has 2 N–H and O–H groups in total. The fraction of sp³-hybridized carbons (Fsp3) is 0.562. The van der Waals surface area contributed by atoms with Crippen molar-refractivity contribution in [2.45, 2.75) is 25.8 Å². The molecule has 1 saturated heterocycles. The van der Waals surface area contributed by atoms with E-state index in [4.69, 9.17) is 10.5 Å². The van der Waals surface area contributed by atoms with Gasteiger partial charge in [0, 0.05) is 32.7 Å². The van der Waals surface area contributed by atoms with Gasteiger partial charge in [-0.1, -0.05) is 30.3 Å². The van der Waals surface area contributed by atoms with E-state index in [9.17, 15) is 4.79 Å². The van der Waals surface area contributed by atoms with Gasteiger partial charge in [0.15, 0.2) is 0 Å². The van der Waals surface area contributed by atoms with E-state index in [1.165, 1.54) is 12.0 Å². The Balaban J connectivity index is 1.90. The Bertz CT molecular complexity index is 402. The van der Waals surface area contributed by atoms with Crippen LogP contribution < -0.4 is 5.73 Å². The molecular weight excluding hydrogens is 252 g/mol. The van der Waals surface area contributed by atoms with Gasteiger partial charge in [0.2, 0.25) is 5.91 Å². The lowest BCUT2D eigenvalue weighted by molar-refractivity contribution is -0.118. The molecule has 0 aromatic heterocycles. The second-order valence-electron chi connectivity index (χ2n) is 5.52. The van der Waals surface area contributed by atoms with Crippen LogP contribution in [0.3, 0.4) is 0 Å².